The van der Waals surface area contributed by atoms with E-state index in [-0.39, 0.29) is 5.75 Å². The fourth-order valence-electron chi connectivity index (χ4n) is 3.57. The summed E-state index contributed by atoms with van der Waals surface area (Å²) in [6.45, 7) is 0.393. The summed E-state index contributed by atoms with van der Waals surface area (Å²) in [5.41, 5.74) is 0. The number of aliphatic hydroxyl groups is 8. The number of rotatable bonds is 7. The minimum Gasteiger partial charge on any atom is -0.394 e. The van der Waals surface area contributed by atoms with Crippen LogP contribution in [0.5, 0.6) is 0 Å². The number of hydrogen-bond acceptors (Lipinski definition) is 13. The van der Waals surface area contributed by atoms with Crippen molar-refractivity contribution in [1.82, 2.24) is 10.6 Å². The molecular formula is C17H30N2O12S. The van der Waals surface area contributed by atoms with E-state index in [0.717, 1.165) is 0 Å². The zero-order valence-corrected chi connectivity index (χ0v) is 17.9. The third kappa shape index (κ3) is 5.68. The lowest BCUT2D eigenvalue weighted by molar-refractivity contribution is -0.319. The topological polar surface area (TPSA) is 238 Å². The van der Waals surface area contributed by atoms with Gasteiger partial charge >= 0.3 is 0 Å². The summed E-state index contributed by atoms with van der Waals surface area (Å²) >= 11 is 3.97. The molecule has 2 amide bonds. The Morgan fingerprint density at radius 1 is 0.938 bits per heavy atom. The van der Waals surface area contributed by atoms with Gasteiger partial charge in [-0.25, -0.2) is 0 Å². The van der Waals surface area contributed by atoms with E-state index in [2.05, 4.69) is 23.3 Å². The zero-order chi connectivity index (χ0) is 24.3. The molecule has 0 unspecified atom stereocenters. The van der Waals surface area contributed by atoms with Crippen molar-refractivity contribution < 1.29 is 59.9 Å². The summed E-state index contributed by atoms with van der Waals surface area (Å²) in [6, 6.07) is -2.68. The number of nitrogens with one attached hydrogen (secondary N) is 2. The number of amides is 2. The highest BCUT2D eigenvalue weighted by Gasteiger charge is 2.53. The van der Waals surface area contributed by atoms with E-state index in [4.69, 9.17) is 9.47 Å². The third-order valence-corrected chi connectivity index (χ3v) is 5.80. The van der Waals surface area contributed by atoms with E-state index in [1.165, 1.54) is 6.92 Å². The minimum absolute atomic E-state index is 0.126. The summed E-state index contributed by atoms with van der Waals surface area (Å²) in [7, 11) is 0. The van der Waals surface area contributed by atoms with Gasteiger partial charge < -0.3 is 61.0 Å². The van der Waals surface area contributed by atoms with Crippen LogP contribution in [0, 0.1) is 0 Å². The predicted octanol–water partition coefficient (Wildman–Crippen LogP) is -6.45. The minimum atomic E-state index is -1.91. The third-order valence-electron chi connectivity index (χ3n) is 5.43. The number of hydrogen-bond donors (Lipinski definition) is 11. The van der Waals surface area contributed by atoms with Gasteiger partial charge in [0.1, 0.15) is 67.0 Å². The molecule has 186 valence electrons. The highest BCUT2D eigenvalue weighted by molar-refractivity contribution is 7.80. The molecule has 10 N–H and O–H groups in total. The van der Waals surface area contributed by atoms with Gasteiger partial charge in [0.15, 0.2) is 6.29 Å². The number of thiol groups is 1. The maximum atomic E-state index is 12.6. The van der Waals surface area contributed by atoms with Crippen LogP contribution in [0.4, 0.5) is 0 Å². The first kappa shape index (κ1) is 27.1. The van der Waals surface area contributed by atoms with Gasteiger partial charge in [-0.05, 0) is 0 Å². The SMILES string of the molecule is CC(=O)N[C@@H](CS)C(=O)N[C@H]1[C@@H](O[C@@H]2[C@@H](O)[C@H](O)[C@@H](O)[C@H](O)[C@@H]2O)O[C@H](CO)[C@@H](O)[C@@H]1O. The molecule has 1 aliphatic carbocycles. The number of ether oxygens (including phenoxy) is 2. The molecule has 2 aliphatic rings. The molecule has 1 saturated carbocycles. The molecule has 0 aromatic carbocycles. The first-order valence-corrected chi connectivity index (χ1v) is 10.4. The smallest absolute Gasteiger partial charge is 0.243 e. The van der Waals surface area contributed by atoms with Crippen LogP contribution >= 0.6 is 12.6 Å². The fourth-order valence-corrected chi connectivity index (χ4v) is 3.83. The van der Waals surface area contributed by atoms with Gasteiger partial charge in [-0.15, -0.1) is 0 Å². The summed E-state index contributed by atoms with van der Waals surface area (Å²) in [5.74, 6) is -1.51. The van der Waals surface area contributed by atoms with Crippen molar-refractivity contribution in [3.05, 3.63) is 0 Å². The average molecular weight is 486 g/mol. The predicted molar refractivity (Wildman–Crippen MR) is 106 cm³/mol. The van der Waals surface area contributed by atoms with Crippen molar-refractivity contribution in [3.8, 4) is 0 Å². The molecule has 15 heteroatoms. The molecule has 2 fully saturated rings. The second-order valence-corrected chi connectivity index (χ2v) is 8.10. The van der Waals surface area contributed by atoms with Gasteiger partial charge in [0.05, 0.1) is 6.61 Å². The lowest BCUT2D eigenvalue weighted by Crippen LogP contribution is -2.69. The van der Waals surface area contributed by atoms with Crippen LogP contribution in [0.3, 0.4) is 0 Å². The van der Waals surface area contributed by atoms with Gasteiger partial charge in [-0.3, -0.25) is 9.59 Å². The van der Waals surface area contributed by atoms with E-state index in [0.29, 0.717) is 0 Å². The number of carbonyl (C=O) groups excluding carboxylic acids is 2. The van der Waals surface area contributed by atoms with Crippen molar-refractivity contribution in [1.29, 1.82) is 0 Å². The average Bonchev–Trinajstić information content (AvgIpc) is 2.76. The van der Waals surface area contributed by atoms with Crippen LogP contribution in [-0.2, 0) is 19.1 Å². The quantitative estimate of drug-likeness (QED) is 0.151. The first-order chi connectivity index (χ1) is 14.9. The zero-order valence-electron chi connectivity index (χ0n) is 17.0. The highest BCUT2D eigenvalue weighted by Crippen LogP contribution is 2.29. The summed E-state index contributed by atoms with van der Waals surface area (Å²) in [6.07, 6.45) is -17.8. The monoisotopic (exact) mass is 486 g/mol. The molecule has 0 bridgehead atoms. The molecule has 0 aromatic rings. The Kier molecular flexibility index (Phi) is 9.62. The largest absolute Gasteiger partial charge is 0.394 e. The van der Waals surface area contributed by atoms with Crippen molar-refractivity contribution >= 4 is 24.4 Å². The highest BCUT2D eigenvalue weighted by atomic mass is 32.1. The second kappa shape index (κ2) is 11.3. The Hall–Kier alpha value is -1.11. The fraction of sp³-hybridized carbons (Fsp3) is 0.882. The van der Waals surface area contributed by atoms with Crippen molar-refractivity contribution in [2.75, 3.05) is 12.4 Å². The van der Waals surface area contributed by atoms with Crippen molar-refractivity contribution in [3.63, 3.8) is 0 Å². The molecule has 0 spiro atoms. The molecule has 1 heterocycles. The maximum absolute atomic E-state index is 12.6. The van der Waals surface area contributed by atoms with Crippen LogP contribution in [-0.4, -0.2) is 138 Å². The van der Waals surface area contributed by atoms with Crippen LogP contribution < -0.4 is 10.6 Å². The number of carbonyl (C=O) groups is 2. The van der Waals surface area contributed by atoms with E-state index in [1.54, 1.807) is 0 Å². The van der Waals surface area contributed by atoms with E-state index in [9.17, 15) is 50.4 Å². The Morgan fingerprint density at radius 2 is 1.47 bits per heavy atom. The van der Waals surface area contributed by atoms with E-state index in [1.807, 2.05) is 0 Å². The van der Waals surface area contributed by atoms with Crippen LogP contribution in [0.2, 0.25) is 0 Å². The van der Waals surface area contributed by atoms with Gasteiger partial charge in [0.2, 0.25) is 11.8 Å². The van der Waals surface area contributed by atoms with E-state index >= 15 is 0 Å². The Morgan fingerprint density at radius 3 is 1.94 bits per heavy atom. The van der Waals surface area contributed by atoms with Gasteiger partial charge in [-0.1, -0.05) is 0 Å². The summed E-state index contributed by atoms with van der Waals surface area (Å²) in [5, 5.41) is 84.6. The van der Waals surface area contributed by atoms with Gasteiger partial charge in [0.25, 0.3) is 0 Å². The normalized spacial score (nSPS) is 43.4. The summed E-state index contributed by atoms with van der Waals surface area (Å²) < 4.78 is 10.8. The standard InChI is InChI=1S/C17H30N2O12S/c1-4(21)18-5(3-32)16(29)19-7-9(23)8(22)6(2-20)30-17(7)31-15-13(27)11(25)10(24)12(26)14(15)28/h5-15,17,20,22-28,32H,2-3H2,1H3,(H,18,21)(H,19,29)/t5-,6+,7+,8+,9+,10-,11-,12+,13-,14-,15-,17+/m0/s1. The van der Waals surface area contributed by atoms with Crippen LogP contribution in [0.25, 0.3) is 0 Å². The molecule has 1 saturated heterocycles. The molecule has 0 aromatic heterocycles. The Labute approximate surface area is 188 Å². The molecular weight excluding hydrogens is 456 g/mol. The first-order valence-electron chi connectivity index (χ1n) is 9.81. The van der Waals surface area contributed by atoms with Gasteiger partial charge in [-0.2, -0.15) is 12.6 Å². The Bertz CT molecular complexity index is 643. The summed E-state index contributed by atoms with van der Waals surface area (Å²) in [4.78, 5) is 23.8. The van der Waals surface area contributed by atoms with Crippen molar-refractivity contribution in [2.24, 2.45) is 0 Å². The molecule has 1 aliphatic heterocycles. The lowest BCUT2D eigenvalue weighted by Gasteiger charge is -2.47. The van der Waals surface area contributed by atoms with Crippen molar-refractivity contribution in [2.45, 2.75) is 80.2 Å². The maximum Gasteiger partial charge on any atom is 0.243 e. The lowest BCUT2D eigenvalue weighted by atomic mass is 9.84. The molecule has 14 nitrogen and oxygen atoms in total. The van der Waals surface area contributed by atoms with Crippen LogP contribution in [0.1, 0.15) is 6.92 Å². The Balaban J connectivity index is 2.27. The second-order valence-electron chi connectivity index (χ2n) is 7.73. The van der Waals surface area contributed by atoms with E-state index < -0.39 is 91.7 Å². The molecule has 2 rings (SSSR count). The van der Waals surface area contributed by atoms with Gasteiger partial charge in [0, 0.05) is 12.7 Å². The molecule has 32 heavy (non-hydrogen) atoms. The molecule has 0 radical (unpaired) electrons. The molecule has 12 atom stereocenters. The van der Waals surface area contributed by atoms with Crippen LogP contribution in [0.15, 0.2) is 0 Å². The number of aliphatic hydroxyl groups excluding tert-OH is 8.